The van der Waals surface area contributed by atoms with Crippen molar-refractivity contribution in [1.29, 1.82) is 0 Å². The van der Waals surface area contributed by atoms with E-state index in [0.29, 0.717) is 5.82 Å². The summed E-state index contributed by atoms with van der Waals surface area (Å²) >= 11 is 0. The molecule has 0 spiro atoms. The summed E-state index contributed by atoms with van der Waals surface area (Å²) < 4.78 is 10.7. The number of ether oxygens (including phenoxy) is 2. The van der Waals surface area contributed by atoms with Gasteiger partial charge in [-0.2, -0.15) is 0 Å². The first-order chi connectivity index (χ1) is 8.42. The van der Waals surface area contributed by atoms with Crippen LogP contribution in [-0.4, -0.2) is 35.7 Å². The number of nitrogens with zero attached hydrogens (tertiary/aromatic N) is 2. The molecule has 0 atom stereocenters. The molecule has 7 heteroatoms. The van der Waals surface area contributed by atoms with Crippen molar-refractivity contribution < 1.29 is 19.1 Å². The minimum atomic E-state index is -0.704. The molecule has 0 saturated carbocycles. The van der Waals surface area contributed by atoms with Gasteiger partial charge in [-0.05, 0) is 6.92 Å². The molecule has 0 amide bonds. The van der Waals surface area contributed by atoms with Gasteiger partial charge in [0.15, 0.2) is 0 Å². The second kappa shape index (κ2) is 5.35. The molecule has 7 nitrogen and oxygen atoms in total. The Morgan fingerprint density at radius 2 is 1.94 bits per heavy atom. The van der Waals surface area contributed by atoms with Gasteiger partial charge in [-0.15, -0.1) is 0 Å². The zero-order valence-electron chi connectivity index (χ0n) is 10.7. The number of aromatic nitrogens is 2. The molecular weight excluding hydrogens is 238 g/mol. The highest BCUT2D eigenvalue weighted by Gasteiger charge is 2.22. The number of imidazole rings is 1. The van der Waals surface area contributed by atoms with Crippen molar-refractivity contribution in [3.63, 3.8) is 0 Å². The van der Waals surface area contributed by atoms with E-state index in [-0.39, 0.29) is 17.1 Å². The van der Waals surface area contributed by atoms with E-state index in [1.165, 1.54) is 14.2 Å². The molecule has 0 saturated heterocycles. The predicted octanol–water partition coefficient (Wildman–Crippen LogP) is 0.0401. The minimum absolute atomic E-state index is 0.0365. The molecule has 0 aromatic carbocycles. The number of methoxy groups -OCH3 is 2. The normalized spacial score (nSPS) is 11.2. The van der Waals surface area contributed by atoms with Gasteiger partial charge in [0.05, 0.1) is 19.8 Å². The van der Waals surface area contributed by atoms with E-state index in [1.54, 1.807) is 18.5 Å². The van der Waals surface area contributed by atoms with Crippen molar-refractivity contribution in [3.8, 4) is 0 Å². The maximum atomic E-state index is 11.6. The summed E-state index contributed by atoms with van der Waals surface area (Å²) in [6.45, 7) is 1.73. The van der Waals surface area contributed by atoms with Gasteiger partial charge in [-0.1, -0.05) is 0 Å². The van der Waals surface area contributed by atoms with Crippen LogP contribution in [0.15, 0.2) is 6.08 Å². The summed E-state index contributed by atoms with van der Waals surface area (Å²) in [5.41, 5.74) is 5.98. The zero-order chi connectivity index (χ0) is 13.9. The number of aryl methyl sites for hydroxylation is 1. The van der Waals surface area contributed by atoms with Crippen molar-refractivity contribution >= 4 is 23.3 Å². The minimum Gasteiger partial charge on any atom is -0.466 e. The molecule has 18 heavy (non-hydrogen) atoms. The molecule has 0 fully saturated rings. The van der Waals surface area contributed by atoms with Gasteiger partial charge >= 0.3 is 11.9 Å². The maximum Gasteiger partial charge on any atom is 0.340 e. The van der Waals surface area contributed by atoms with E-state index in [2.05, 4.69) is 14.5 Å². The van der Waals surface area contributed by atoms with Crippen molar-refractivity contribution in [2.24, 2.45) is 7.05 Å². The lowest BCUT2D eigenvalue weighted by Crippen LogP contribution is -2.10. The second-order valence-corrected chi connectivity index (χ2v) is 3.52. The number of nitrogen functional groups attached to an aromatic ring is 1. The van der Waals surface area contributed by atoms with Crippen molar-refractivity contribution in [2.75, 3.05) is 20.0 Å². The van der Waals surface area contributed by atoms with Gasteiger partial charge in [0.1, 0.15) is 17.3 Å². The lowest BCUT2D eigenvalue weighted by Gasteiger charge is -2.04. The molecule has 0 unspecified atom stereocenters. The fraction of sp³-hybridized carbons (Fsp3) is 0.364. The first kappa shape index (κ1) is 13.8. The van der Waals surface area contributed by atoms with E-state index in [4.69, 9.17) is 5.73 Å². The smallest absolute Gasteiger partial charge is 0.340 e. The fourth-order valence-electron chi connectivity index (χ4n) is 1.34. The Morgan fingerprint density at radius 3 is 2.33 bits per heavy atom. The Morgan fingerprint density at radius 1 is 1.33 bits per heavy atom. The van der Waals surface area contributed by atoms with Crippen LogP contribution >= 0.6 is 0 Å². The molecule has 1 heterocycles. The molecule has 1 aromatic rings. The third kappa shape index (κ3) is 2.50. The van der Waals surface area contributed by atoms with Gasteiger partial charge in [0, 0.05) is 13.1 Å². The number of hydrogen-bond acceptors (Lipinski definition) is 6. The lowest BCUT2D eigenvalue weighted by molar-refractivity contribution is -0.136. The molecular formula is C11H15N3O4. The van der Waals surface area contributed by atoms with E-state index in [0.717, 1.165) is 6.08 Å². The monoisotopic (exact) mass is 253 g/mol. The number of carbonyl (C=O) groups excluding carboxylic acids is 2. The van der Waals surface area contributed by atoms with Crippen LogP contribution in [0.2, 0.25) is 0 Å². The Balaban J connectivity index is 3.35. The van der Waals surface area contributed by atoms with Gasteiger partial charge in [-0.3, -0.25) is 0 Å². The summed E-state index contributed by atoms with van der Waals surface area (Å²) in [5.74, 6) is -0.501. The highest BCUT2D eigenvalue weighted by molar-refractivity contribution is 6.21. The van der Waals surface area contributed by atoms with Gasteiger partial charge in [0.2, 0.25) is 0 Å². The lowest BCUT2D eigenvalue weighted by atomic mass is 10.2. The maximum absolute atomic E-state index is 11.6. The van der Waals surface area contributed by atoms with Crippen molar-refractivity contribution in [1.82, 2.24) is 9.55 Å². The van der Waals surface area contributed by atoms with Gasteiger partial charge in [0.25, 0.3) is 0 Å². The second-order valence-electron chi connectivity index (χ2n) is 3.52. The van der Waals surface area contributed by atoms with E-state index < -0.39 is 11.9 Å². The molecule has 1 rings (SSSR count). The SMILES string of the molecule is COC(=O)/C=C(/C(=O)OC)c1nc(C)n(C)c1N. The molecule has 0 radical (unpaired) electrons. The van der Waals surface area contributed by atoms with Crippen LogP contribution in [0.1, 0.15) is 11.5 Å². The Kier molecular flexibility index (Phi) is 4.09. The average Bonchev–Trinajstić information content (AvgIpc) is 2.62. The third-order valence-corrected chi connectivity index (χ3v) is 2.49. The van der Waals surface area contributed by atoms with Crippen molar-refractivity contribution in [2.45, 2.75) is 6.92 Å². The summed E-state index contributed by atoms with van der Waals surface area (Å²) in [5, 5.41) is 0. The topological polar surface area (TPSA) is 96.4 Å². The number of rotatable bonds is 3. The van der Waals surface area contributed by atoms with Gasteiger partial charge in [-0.25, -0.2) is 14.6 Å². The number of nitrogens with two attached hydrogens (primary N) is 1. The highest BCUT2D eigenvalue weighted by atomic mass is 16.5. The Hall–Kier alpha value is -2.31. The number of esters is 2. The van der Waals surface area contributed by atoms with E-state index >= 15 is 0 Å². The number of carbonyl (C=O) groups is 2. The molecule has 0 aliphatic carbocycles. The zero-order valence-corrected chi connectivity index (χ0v) is 10.7. The summed E-state index contributed by atoms with van der Waals surface area (Å²) in [6.07, 6.45) is 1.00. The first-order valence-corrected chi connectivity index (χ1v) is 5.09. The standard InChI is InChI=1S/C11H15N3O4/c1-6-13-9(10(12)14(6)2)7(11(16)18-4)5-8(15)17-3/h5H,12H2,1-4H3/b7-5+. The molecule has 2 N–H and O–H groups in total. The molecule has 0 bridgehead atoms. The summed E-state index contributed by atoms with van der Waals surface area (Å²) in [7, 11) is 4.12. The number of anilines is 1. The van der Waals surface area contributed by atoms with Crippen LogP contribution in [0.3, 0.4) is 0 Å². The molecule has 0 aliphatic rings. The Bertz CT molecular complexity index is 517. The predicted molar refractivity (Wildman–Crippen MR) is 64.4 cm³/mol. The quantitative estimate of drug-likeness (QED) is 0.603. The van der Waals surface area contributed by atoms with Crippen LogP contribution < -0.4 is 5.73 Å². The fourth-order valence-corrected chi connectivity index (χ4v) is 1.34. The third-order valence-electron chi connectivity index (χ3n) is 2.49. The van der Waals surface area contributed by atoms with E-state index in [1.807, 2.05) is 0 Å². The van der Waals surface area contributed by atoms with E-state index in [9.17, 15) is 9.59 Å². The Labute approximate surface area is 104 Å². The molecule has 98 valence electrons. The van der Waals surface area contributed by atoms with Gasteiger partial charge < -0.3 is 19.8 Å². The summed E-state index contributed by atoms with van der Waals surface area (Å²) in [6, 6.07) is 0. The van der Waals surface area contributed by atoms with Crippen LogP contribution in [-0.2, 0) is 26.1 Å². The first-order valence-electron chi connectivity index (χ1n) is 5.09. The summed E-state index contributed by atoms with van der Waals surface area (Å²) in [4.78, 5) is 27.0. The van der Waals surface area contributed by atoms with Crippen LogP contribution in [0.25, 0.3) is 5.57 Å². The number of hydrogen-bond donors (Lipinski definition) is 1. The highest BCUT2D eigenvalue weighted by Crippen LogP contribution is 2.22. The molecule has 0 aliphatic heterocycles. The van der Waals surface area contributed by atoms with Crippen LogP contribution in [0.4, 0.5) is 5.82 Å². The molecule has 1 aromatic heterocycles. The average molecular weight is 253 g/mol. The van der Waals surface area contributed by atoms with Crippen LogP contribution in [0.5, 0.6) is 0 Å². The van der Waals surface area contributed by atoms with Crippen LogP contribution in [0, 0.1) is 6.92 Å². The largest absolute Gasteiger partial charge is 0.466 e. The van der Waals surface area contributed by atoms with Crippen molar-refractivity contribution in [3.05, 3.63) is 17.6 Å².